The summed E-state index contributed by atoms with van der Waals surface area (Å²) in [6, 6.07) is 6.52. The van der Waals surface area contributed by atoms with E-state index in [4.69, 9.17) is 9.52 Å². The van der Waals surface area contributed by atoms with Gasteiger partial charge in [0.05, 0.1) is 0 Å². The van der Waals surface area contributed by atoms with E-state index in [2.05, 4.69) is 0 Å². The van der Waals surface area contributed by atoms with Gasteiger partial charge in [0.2, 0.25) is 11.5 Å². The number of hydrogen-bond donors (Lipinski definition) is 1. The van der Waals surface area contributed by atoms with Crippen molar-refractivity contribution in [2.75, 3.05) is 0 Å². The van der Waals surface area contributed by atoms with Crippen LogP contribution < -0.4 is 0 Å². The molecule has 2 rings (SSSR count). The van der Waals surface area contributed by atoms with Crippen LogP contribution in [0.25, 0.3) is 0 Å². The molecule has 0 aliphatic rings. The third kappa shape index (κ3) is 2.42. The number of aromatic carboxylic acids is 1. The molecule has 1 heterocycles. The van der Waals surface area contributed by atoms with Crippen molar-refractivity contribution >= 4 is 11.8 Å². The van der Waals surface area contributed by atoms with Gasteiger partial charge in [-0.3, -0.25) is 4.79 Å². The quantitative estimate of drug-likeness (QED) is 0.859. The molecule has 1 aromatic heterocycles. The van der Waals surface area contributed by atoms with Crippen LogP contribution in [-0.4, -0.2) is 16.9 Å². The fourth-order valence-electron chi connectivity index (χ4n) is 2.24. The van der Waals surface area contributed by atoms with E-state index in [1.165, 1.54) is 12.1 Å². The van der Waals surface area contributed by atoms with Crippen molar-refractivity contribution in [1.82, 2.24) is 0 Å². The number of furan rings is 1. The Balaban J connectivity index is 2.47. The fourth-order valence-corrected chi connectivity index (χ4v) is 2.24. The molecule has 19 heavy (non-hydrogen) atoms. The molecular formula is C15H14O4. The van der Waals surface area contributed by atoms with E-state index in [9.17, 15) is 9.59 Å². The van der Waals surface area contributed by atoms with Crippen molar-refractivity contribution in [3.05, 3.63) is 58.0 Å². The summed E-state index contributed by atoms with van der Waals surface area (Å²) in [7, 11) is 0. The molecule has 4 nitrogen and oxygen atoms in total. The van der Waals surface area contributed by atoms with Crippen molar-refractivity contribution in [3.8, 4) is 0 Å². The largest absolute Gasteiger partial charge is 0.475 e. The second kappa shape index (κ2) is 4.72. The van der Waals surface area contributed by atoms with Crippen molar-refractivity contribution in [1.29, 1.82) is 0 Å². The van der Waals surface area contributed by atoms with Gasteiger partial charge in [0.15, 0.2) is 5.76 Å². The molecule has 0 aliphatic heterocycles. The van der Waals surface area contributed by atoms with Gasteiger partial charge in [-0.1, -0.05) is 17.7 Å². The zero-order chi connectivity index (χ0) is 14.2. The van der Waals surface area contributed by atoms with Crippen molar-refractivity contribution in [2.45, 2.75) is 20.8 Å². The van der Waals surface area contributed by atoms with Crippen LogP contribution in [0.4, 0.5) is 0 Å². The molecule has 2 aromatic rings. The van der Waals surface area contributed by atoms with Gasteiger partial charge in [-0.05, 0) is 44.0 Å². The molecule has 4 heteroatoms. The molecule has 0 aliphatic carbocycles. The van der Waals surface area contributed by atoms with Crippen LogP contribution in [0.2, 0.25) is 0 Å². The van der Waals surface area contributed by atoms with Crippen LogP contribution in [0.1, 0.15) is 43.4 Å². The molecule has 0 radical (unpaired) electrons. The van der Waals surface area contributed by atoms with Gasteiger partial charge in [0.25, 0.3) is 0 Å². The Labute approximate surface area is 110 Å². The SMILES string of the molecule is Cc1cc(C)c(C(=O)c2ccc(C(=O)O)o2)c(C)c1. The Bertz CT molecular complexity index is 642. The molecular weight excluding hydrogens is 244 g/mol. The Morgan fingerprint density at radius 1 is 1.00 bits per heavy atom. The first-order chi connectivity index (χ1) is 8.90. The number of rotatable bonds is 3. The molecule has 1 N–H and O–H groups in total. The Kier molecular flexibility index (Phi) is 3.25. The summed E-state index contributed by atoms with van der Waals surface area (Å²) in [5, 5.41) is 8.79. The predicted molar refractivity (Wildman–Crippen MR) is 69.8 cm³/mol. The van der Waals surface area contributed by atoms with Crippen LogP contribution >= 0.6 is 0 Å². The first-order valence-corrected chi connectivity index (χ1v) is 5.86. The van der Waals surface area contributed by atoms with Crippen molar-refractivity contribution < 1.29 is 19.1 Å². The minimum absolute atomic E-state index is 0.0486. The van der Waals surface area contributed by atoms with Gasteiger partial charge < -0.3 is 9.52 Å². The molecule has 0 saturated heterocycles. The van der Waals surface area contributed by atoms with E-state index < -0.39 is 5.97 Å². The monoisotopic (exact) mass is 258 g/mol. The highest BCUT2D eigenvalue weighted by Crippen LogP contribution is 2.21. The first-order valence-electron chi connectivity index (χ1n) is 5.86. The summed E-state index contributed by atoms with van der Waals surface area (Å²) in [5.41, 5.74) is 3.36. The van der Waals surface area contributed by atoms with Crippen LogP contribution in [0.5, 0.6) is 0 Å². The molecule has 0 unspecified atom stereocenters. The second-order valence-corrected chi connectivity index (χ2v) is 4.57. The number of hydrogen-bond acceptors (Lipinski definition) is 3. The average Bonchev–Trinajstić information content (AvgIpc) is 2.76. The van der Waals surface area contributed by atoms with Gasteiger partial charge >= 0.3 is 5.97 Å². The standard InChI is InChI=1S/C15H14O4/c1-8-6-9(2)13(10(3)7-8)14(16)11-4-5-12(19-11)15(17)18/h4-7H,1-3H3,(H,17,18). The van der Waals surface area contributed by atoms with Crippen LogP contribution in [0.3, 0.4) is 0 Å². The van der Waals surface area contributed by atoms with E-state index >= 15 is 0 Å². The van der Waals surface area contributed by atoms with E-state index in [-0.39, 0.29) is 17.3 Å². The van der Waals surface area contributed by atoms with E-state index in [1.54, 1.807) is 0 Å². The minimum atomic E-state index is -1.18. The second-order valence-electron chi connectivity index (χ2n) is 4.57. The zero-order valence-electron chi connectivity index (χ0n) is 11.0. The lowest BCUT2D eigenvalue weighted by Crippen LogP contribution is -2.06. The van der Waals surface area contributed by atoms with Crippen LogP contribution in [0.15, 0.2) is 28.7 Å². The van der Waals surface area contributed by atoms with Gasteiger partial charge in [-0.15, -0.1) is 0 Å². The normalized spacial score (nSPS) is 10.5. The lowest BCUT2D eigenvalue weighted by Gasteiger charge is -2.08. The third-order valence-corrected chi connectivity index (χ3v) is 2.94. The van der Waals surface area contributed by atoms with Gasteiger partial charge in [-0.2, -0.15) is 0 Å². The summed E-state index contributed by atoms with van der Waals surface area (Å²) in [5.74, 6) is -1.66. The molecule has 1 aromatic carbocycles. The number of aryl methyl sites for hydroxylation is 3. The maximum absolute atomic E-state index is 12.3. The number of carboxylic acid groups (broad SMARTS) is 1. The van der Waals surface area contributed by atoms with Crippen LogP contribution in [0, 0.1) is 20.8 Å². The van der Waals surface area contributed by atoms with Gasteiger partial charge in [0.1, 0.15) is 0 Å². The van der Waals surface area contributed by atoms with E-state index in [1.807, 2.05) is 32.9 Å². The third-order valence-electron chi connectivity index (χ3n) is 2.94. The van der Waals surface area contributed by atoms with E-state index in [0.717, 1.165) is 16.7 Å². The summed E-state index contributed by atoms with van der Waals surface area (Å²) < 4.78 is 5.05. The molecule has 0 amide bonds. The maximum atomic E-state index is 12.3. The Morgan fingerprint density at radius 3 is 2.00 bits per heavy atom. The molecule has 0 spiro atoms. The highest BCUT2D eigenvalue weighted by Gasteiger charge is 2.19. The fraction of sp³-hybridized carbons (Fsp3) is 0.200. The predicted octanol–water partition coefficient (Wildman–Crippen LogP) is 3.13. The summed E-state index contributed by atoms with van der Waals surface area (Å²) >= 11 is 0. The highest BCUT2D eigenvalue weighted by molar-refractivity contribution is 6.09. The lowest BCUT2D eigenvalue weighted by molar-refractivity contribution is 0.0660. The molecule has 0 atom stereocenters. The summed E-state index contributed by atoms with van der Waals surface area (Å²) in [4.78, 5) is 23.1. The average molecular weight is 258 g/mol. The number of carbonyl (C=O) groups excluding carboxylic acids is 1. The lowest BCUT2D eigenvalue weighted by atomic mass is 9.96. The summed E-state index contributed by atoms with van der Waals surface area (Å²) in [6.45, 7) is 5.67. The maximum Gasteiger partial charge on any atom is 0.371 e. The molecule has 0 saturated carbocycles. The first kappa shape index (κ1) is 13.1. The zero-order valence-corrected chi connectivity index (χ0v) is 11.0. The Hall–Kier alpha value is -2.36. The summed E-state index contributed by atoms with van der Waals surface area (Å²) in [6.07, 6.45) is 0. The molecule has 0 bridgehead atoms. The molecule has 0 fully saturated rings. The minimum Gasteiger partial charge on any atom is -0.475 e. The topological polar surface area (TPSA) is 67.5 Å². The van der Waals surface area contributed by atoms with Crippen molar-refractivity contribution in [3.63, 3.8) is 0 Å². The van der Waals surface area contributed by atoms with Gasteiger partial charge in [-0.25, -0.2) is 4.79 Å². The Morgan fingerprint density at radius 2 is 1.53 bits per heavy atom. The molecule has 98 valence electrons. The number of ketones is 1. The van der Waals surface area contributed by atoms with Crippen molar-refractivity contribution in [2.24, 2.45) is 0 Å². The van der Waals surface area contributed by atoms with Gasteiger partial charge in [0, 0.05) is 5.56 Å². The highest BCUT2D eigenvalue weighted by atomic mass is 16.4. The smallest absolute Gasteiger partial charge is 0.371 e. The van der Waals surface area contributed by atoms with E-state index in [0.29, 0.717) is 5.56 Å². The number of carboxylic acids is 1. The number of carbonyl (C=O) groups is 2. The number of benzene rings is 1. The van der Waals surface area contributed by atoms with Crippen LogP contribution in [-0.2, 0) is 0 Å².